The summed E-state index contributed by atoms with van der Waals surface area (Å²) in [7, 11) is 8.65. The first kappa shape index (κ1) is 30.8. The van der Waals surface area contributed by atoms with E-state index in [1.54, 1.807) is 46.6 Å². The van der Waals surface area contributed by atoms with Crippen LogP contribution in [0.3, 0.4) is 0 Å². The van der Waals surface area contributed by atoms with Gasteiger partial charge in [0.05, 0.1) is 46.6 Å². The van der Waals surface area contributed by atoms with Crippen LogP contribution in [0.5, 0.6) is 23.0 Å². The molecule has 0 spiro atoms. The first-order valence-electron chi connectivity index (χ1n) is 14.9. The Balaban J connectivity index is 1.41. The smallest absolute Gasteiger partial charge is 0.244 e. The molecular formula is C35H37ClN4O5. The van der Waals surface area contributed by atoms with E-state index in [0.717, 1.165) is 27.8 Å². The molecule has 1 saturated heterocycles. The Morgan fingerprint density at radius 2 is 1.47 bits per heavy atom. The molecule has 3 aromatic rings. The van der Waals surface area contributed by atoms with E-state index in [4.69, 9.17) is 30.5 Å². The highest BCUT2D eigenvalue weighted by atomic mass is 35.5. The van der Waals surface area contributed by atoms with Gasteiger partial charge >= 0.3 is 0 Å². The van der Waals surface area contributed by atoms with Crippen LogP contribution >= 0.6 is 11.6 Å². The summed E-state index contributed by atoms with van der Waals surface area (Å²) in [6.07, 6.45) is 4.65. The third-order valence-corrected chi connectivity index (χ3v) is 9.73. The van der Waals surface area contributed by atoms with Crippen LogP contribution in [0, 0.1) is 11.3 Å². The van der Waals surface area contributed by atoms with Gasteiger partial charge in [0.2, 0.25) is 5.91 Å². The van der Waals surface area contributed by atoms with E-state index in [1.807, 2.05) is 24.3 Å². The van der Waals surface area contributed by atoms with Gasteiger partial charge in [-0.05, 0) is 90.2 Å². The molecule has 234 valence electrons. The first-order valence-corrected chi connectivity index (χ1v) is 15.3. The third-order valence-electron chi connectivity index (χ3n) is 9.48. The molecule has 10 heteroatoms. The van der Waals surface area contributed by atoms with Gasteiger partial charge in [-0.15, -0.1) is 0 Å². The maximum atomic E-state index is 13.1. The predicted octanol–water partition coefficient (Wildman–Crippen LogP) is 4.98. The topological polar surface area (TPSA) is 96.3 Å². The van der Waals surface area contributed by atoms with Gasteiger partial charge < -0.3 is 24.3 Å². The van der Waals surface area contributed by atoms with E-state index in [2.05, 4.69) is 40.4 Å². The van der Waals surface area contributed by atoms with Crippen molar-refractivity contribution < 1.29 is 23.7 Å². The molecule has 0 unspecified atom stereocenters. The van der Waals surface area contributed by atoms with Crippen LogP contribution in [0.15, 0.2) is 54.6 Å². The molecule has 0 radical (unpaired) electrons. The molecule has 5 atom stereocenters. The molecule has 2 bridgehead atoms. The minimum absolute atomic E-state index is 0.0209. The van der Waals surface area contributed by atoms with Gasteiger partial charge in [0.1, 0.15) is 6.04 Å². The average Bonchev–Trinajstić information content (AvgIpc) is 3.05. The summed E-state index contributed by atoms with van der Waals surface area (Å²) in [5, 5.41) is 14.5. The average molecular weight is 629 g/mol. The van der Waals surface area contributed by atoms with Crippen molar-refractivity contribution in [2.24, 2.45) is 0 Å². The fourth-order valence-corrected chi connectivity index (χ4v) is 7.51. The number of rotatable bonds is 8. The van der Waals surface area contributed by atoms with Crippen molar-refractivity contribution in [3.05, 3.63) is 87.4 Å². The molecule has 45 heavy (non-hydrogen) atoms. The summed E-state index contributed by atoms with van der Waals surface area (Å²) in [6.45, 7) is 0.308. The largest absolute Gasteiger partial charge is 0.493 e. The number of carbonyl (C=O) groups excluding carboxylic acids is 1. The van der Waals surface area contributed by atoms with E-state index in [0.29, 0.717) is 47.4 Å². The van der Waals surface area contributed by atoms with Crippen molar-refractivity contribution in [2.45, 2.75) is 43.1 Å². The van der Waals surface area contributed by atoms with Gasteiger partial charge in [0.25, 0.3) is 0 Å². The summed E-state index contributed by atoms with van der Waals surface area (Å²) in [5.74, 6) is 2.39. The summed E-state index contributed by atoms with van der Waals surface area (Å²) in [4.78, 5) is 17.8. The second kappa shape index (κ2) is 12.6. The van der Waals surface area contributed by atoms with Gasteiger partial charge in [-0.3, -0.25) is 14.6 Å². The van der Waals surface area contributed by atoms with Gasteiger partial charge in [-0.25, -0.2) is 0 Å². The van der Waals surface area contributed by atoms with E-state index in [1.165, 1.54) is 6.08 Å². The summed E-state index contributed by atoms with van der Waals surface area (Å²) < 4.78 is 22.7. The summed E-state index contributed by atoms with van der Waals surface area (Å²) in [6, 6.07) is 17.3. The van der Waals surface area contributed by atoms with Crippen LogP contribution in [0.25, 0.3) is 6.08 Å². The summed E-state index contributed by atoms with van der Waals surface area (Å²) >= 11 is 6.01. The van der Waals surface area contributed by atoms with Gasteiger partial charge in [0.15, 0.2) is 23.0 Å². The molecule has 1 amide bonds. The molecule has 0 saturated carbocycles. The molecule has 1 N–H and O–H groups in total. The fourth-order valence-electron chi connectivity index (χ4n) is 7.39. The Labute approximate surface area is 268 Å². The van der Waals surface area contributed by atoms with Crippen molar-refractivity contribution >= 4 is 23.6 Å². The minimum Gasteiger partial charge on any atom is -0.493 e. The molecule has 1 fully saturated rings. The molecule has 3 aromatic carbocycles. The lowest BCUT2D eigenvalue weighted by Gasteiger charge is -2.60. The highest BCUT2D eigenvalue weighted by molar-refractivity contribution is 6.30. The monoisotopic (exact) mass is 628 g/mol. The summed E-state index contributed by atoms with van der Waals surface area (Å²) in [5.41, 5.74) is 5.31. The number of hydrogen-bond donors (Lipinski definition) is 1. The normalized spacial score (nSPS) is 23.7. The molecule has 3 aliphatic heterocycles. The zero-order valence-corrected chi connectivity index (χ0v) is 26.8. The molecule has 3 heterocycles. The number of methoxy groups -OCH3 is 4. The second-order valence-corrected chi connectivity index (χ2v) is 12.1. The van der Waals surface area contributed by atoms with Crippen LogP contribution in [0.4, 0.5) is 0 Å². The van der Waals surface area contributed by atoms with Crippen LogP contribution < -0.4 is 24.3 Å². The lowest BCUT2D eigenvalue weighted by Crippen LogP contribution is -2.68. The number of halogens is 1. The maximum absolute atomic E-state index is 13.1. The van der Waals surface area contributed by atoms with Crippen molar-refractivity contribution in [3.63, 3.8) is 0 Å². The first-order chi connectivity index (χ1) is 21.8. The number of nitriles is 1. The number of nitrogens with one attached hydrogen (secondary N) is 1. The van der Waals surface area contributed by atoms with Crippen molar-refractivity contribution in [1.29, 1.82) is 5.26 Å². The number of benzene rings is 3. The lowest BCUT2D eigenvalue weighted by atomic mass is 9.72. The zero-order chi connectivity index (χ0) is 31.8. The number of hydrogen-bond acceptors (Lipinski definition) is 8. The minimum atomic E-state index is -0.426. The van der Waals surface area contributed by atoms with Gasteiger partial charge in [-0.1, -0.05) is 23.7 Å². The van der Waals surface area contributed by atoms with Crippen LogP contribution in [0.1, 0.15) is 39.9 Å². The molecular weight excluding hydrogens is 592 g/mol. The Kier molecular flexibility index (Phi) is 8.65. The van der Waals surface area contributed by atoms with Crippen molar-refractivity contribution in [2.75, 3.05) is 42.0 Å². The van der Waals surface area contributed by atoms with E-state index < -0.39 is 6.04 Å². The Morgan fingerprint density at radius 1 is 0.911 bits per heavy atom. The van der Waals surface area contributed by atoms with E-state index in [-0.39, 0.29) is 30.1 Å². The van der Waals surface area contributed by atoms with E-state index in [9.17, 15) is 10.1 Å². The number of likely N-dealkylation sites (N-methyl/N-ethyl adjacent to an activating group) is 1. The van der Waals surface area contributed by atoms with Crippen molar-refractivity contribution in [3.8, 4) is 29.1 Å². The zero-order valence-electron chi connectivity index (χ0n) is 26.0. The maximum Gasteiger partial charge on any atom is 0.244 e. The Morgan fingerprint density at radius 3 is 2.07 bits per heavy atom. The number of ether oxygens (including phenoxy) is 4. The number of carbonyl (C=O) groups is 1. The molecule has 6 rings (SSSR count). The van der Waals surface area contributed by atoms with Crippen LogP contribution in [-0.2, 0) is 17.6 Å². The van der Waals surface area contributed by atoms with Gasteiger partial charge in [-0.2, -0.15) is 5.26 Å². The van der Waals surface area contributed by atoms with Crippen LogP contribution in [0.2, 0.25) is 5.02 Å². The fraction of sp³-hybridized carbons (Fsp3) is 0.371. The Bertz CT molecular complexity index is 1670. The van der Waals surface area contributed by atoms with E-state index >= 15 is 0 Å². The molecule has 9 nitrogen and oxygen atoms in total. The molecule has 0 aromatic heterocycles. The number of piperazine rings is 1. The van der Waals surface area contributed by atoms with Crippen LogP contribution in [-0.4, -0.2) is 75.9 Å². The van der Waals surface area contributed by atoms with Gasteiger partial charge in [0, 0.05) is 29.7 Å². The predicted molar refractivity (Wildman–Crippen MR) is 172 cm³/mol. The quantitative estimate of drug-likeness (QED) is 0.349. The second-order valence-electron chi connectivity index (χ2n) is 11.6. The standard InChI is InChI=1S/C35H37ClN4O5/c1-39-26-12-22-15-31(43-3)33(45-5)17-25(22)35(39)27-13-21-14-30(42-2)32(44-4)16-24(21)29(40(27)28(26)18-37)19-38-34(41)11-8-20-6-9-23(36)10-7-20/h6-11,14-17,26-29,35H,12-13,19H2,1-5H3,(H,38,41)/b11-8+/t26-,27-,28-,29-,35+/m0/s1. The van der Waals surface area contributed by atoms with Crippen molar-refractivity contribution in [1.82, 2.24) is 15.1 Å². The Hall–Kier alpha value is -4.23. The number of amides is 1. The SMILES string of the molecule is COc1cc2c(cc1OC)[C@@H]1[C@@H]3Cc4cc(OC)c(OC)cc4[C@H](CNC(=O)/C=C/c4ccc(Cl)cc4)N3[C@@H](C#N)[C@H](C2)N1C. The highest BCUT2D eigenvalue weighted by Gasteiger charge is 2.54. The molecule has 0 aliphatic carbocycles. The number of nitrogens with zero attached hydrogens (tertiary/aromatic N) is 3. The number of fused-ring (bicyclic) bond motifs is 7. The third kappa shape index (κ3) is 5.48. The molecule has 3 aliphatic rings. The highest BCUT2D eigenvalue weighted by Crippen LogP contribution is 2.52. The lowest BCUT2D eigenvalue weighted by molar-refractivity contribution is -0.117.